The number of hydrogen-bond donors (Lipinski definition) is 2. The highest BCUT2D eigenvalue weighted by atomic mass is 35.5. The Bertz CT molecular complexity index is 567. The summed E-state index contributed by atoms with van der Waals surface area (Å²) >= 11 is 6.12. The van der Waals surface area contributed by atoms with Gasteiger partial charge in [0.2, 0.25) is 0 Å². The third kappa shape index (κ3) is 2.07. The summed E-state index contributed by atoms with van der Waals surface area (Å²) in [6.07, 6.45) is 6.56. The minimum absolute atomic E-state index is 0.122. The summed E-state index contributed by atoms with van der Waals surface area (Å²) in [5.74, 6) is 0. The summed E-state index contributed by atoms with van der Waals surface area (Å²) in [6, 6.07) is 4.04. The number of nitrogens with two attached hydrogens (primary N) is 1. The fraction of sp³-hybridized carbons (Fsp3) is 0.429. The van der Waals surface area contributed by atoms with Crippen LogP contribution >= 0.6 is 11.6 Å². The van der Waals surface area contributed by atoms with E-state index < -0.39 is 0 Å². The Labute approximate surface area is 106 Å². The Kier molecular flexibility index (Phi) is 2.46. The van der Waals surface area contributed by atoms with Crippen molar-refractivity contribution in [3.05, 3.63) is 34.5 Å². The smallest absolute Gasteiger partial charge is 0.0487 e. The van der Waals surface area contributed by atoms with Crippen molar-refractivity contribution in [2.24, 2.45) is 5.73 Å². The lowest BCUT2D eigenvalue weighted by Crippen LogP contribution is -2.21. The lowest BCUT2D eigenvalue weighted by Gasteiger charge is -2.07. The fourth-order valence-corrected chi connectivity index (χ4v) is 2.70. The molecule has 3 rings (SSSR count). The number of H-pyrrole nitrogens is 1. The number of aryl methyl sites for hydroxylation is 2. The number of rotatable bonds is 3. The molecule has 0 atom stereocenters. The van der Waals surface area contributed by atoms with Crippen molar-refractivity contribution in [3.63, 3.8) is 0 Å². The summed E-state index contributed by atoms with van der Waals surface area (Å²) in [5, 5.41) is 2.06. The zero-order valence-corrected chi connectivity index (χ0v) is 10.8. The predicted molar refractivity (Wildman–Crippen MR) is 72.5 cm³/mol. The Morgan fingerprint density at radius 2 is 2.18 bits per heavy atom. The molecule has 1 aliphatic rings. The maximum atomic E-state index is 6.13. The molecular weight excluding hydrogens is 232 g/mol. The van der Waals surface area contributed by atoms with E-state index in [4.69, 9.17) is 17.3 Å². The van der Waals surface area contributed by atoms with Crippen LogP contribution in [-0.2, 0) is 6.42 Å². The molecule has 0 radical (unpaired) electrons. The second-order valence-electron chi connectivity index (χ2n) is 5.32. The Balaban J connectivity index is 1.93. The number of aromatic amines is 1. The highest BCUT2D eigenvalue weighted by molar-refractivity contribution is 6.31. The highest BCUT2D eigenvalue weighted by Crippen LogP contribution is 2.37. The summed E-state index contributed by atoms with van der Waals surface area (Å²) in [6.45, 7) is 2.08. The van der Waals surface area contributed by atoms with Gasteiger partial charge in [-0.2, -0.15) is 0 Å². The molecule has 0 amide bonds. The van der Waals surface area contributed by atoms with E-state index in [0.29, 0.717) is 0 Å². The van der Waals surface area contributed by atoms with Crippen LogP contribution < -0.4 is 5.73 Å². The first-order valence-corrected chi connectivity index (χ1v) is 6.50. The molecule has 1 saturated carbocycles. The van der Waals surface area contributed by atoms with Crippen LogP contribution in [0.15, 0.2) is 18.3 Å². The molecule has 1 aliphatic carbocycles. The van der Waals surface area contributed by atoms with E-state index in [2.05, 4.69) is 18.1 Å². The van der Waals surface area contributed by atoms with Crippen molar-refractivity contribution in [2.75, 3.05) is 0 Å². The van der Waals surface area contributed by atoms with Crippen LogP contribution in [0.3, 0.4) is 0 Å². The van der Waals surface area contributed by atoms with Crippen molar-refractivity contribution < 1.29 is 0 Å². The lowest BCUT2D eigenvalue weighted by atomic mass is 10.0. The summed E-state index contributed by atoms with van der Waals surface area (Å²) < 4.78 is 0. The van der Waals surface area contributed by atoms with Crippen LogP contribution in [0.5, 0.6) is 0 Å². The van der Waals surface area contributed by atoms with Gasteiger partial charge in [-0.3, -0.25) is 0 Å². The van der Waals surface area contributed by atoms with Gasteiger partial charge >= 0.3 is 0 Å². The van der Waals surface area contributed by atoms with Gasteiger partial charge in [0.15, 0.2) is 0 Å². The van der Waals surface area contributed by atoms with Gasteiger partial charge in [0.1, 0.15) is 0 Å². The highest BCUT2D eigenvalue weighted by Gasteiger charge is 2.37. The molecule has 3 heteroatoms. The van der Waals surface area contributed by atoms with Crippen molar-refractivity contribution in [3.8, 4) is 0 Å². The van der Waals surface area contributed by atoms with E-state index in [1.54, 1.807) is 0 Å². The zero-order valence-electron chi connectivity index (χ0n) is 10.0. The maximum Gasteiger partial charge on any atom is 0.0487 e. The molecule has 0 unspecified atom stereocenters. The van der Waals surface area contributed by atoms with Gasteiger partial charge < -0.3 is 10.7 Å². The molecule has 1 fully saturated rings. The minimum Gasteiger partial charge on any atom is -0.361 e. The molecule has 17 heavy (non-hydrogen) atoms. The van der Waals surface area contributed by atoms with Crippen molar-refractivity contribution >= 4 is 22.5 Å². The molecule has 0 bridgehead atoms. The van der Waals surface area contributed by atoms with Gasteiger partial charge in [-0.15, -0.1) is 0 Å². The third-order valence-electron chi connectivity index (χ3n) is 3.82. The van der Waals surface area contributed by atoms with Crippen LogP contribution in [0, 0.1) is 6.92 Å². The first kappa shape index (κ1) is 11.1. The van der Waals surface area contributed by atoms with Gasteiger partial charge in [-0.25, -0.2) is 0 Å². The monoisotopic (exact) mass is 248 g/mol. The lowest BCUT2D eigenvalue weighted by molar-refractivity contribution is 0.610. The summed E-state index contributed by atoms with van der Waals surface area (Å²) in [5.41, 5.74) is 9.99. The molecule has 0 saturated heterocycles. The van der Waals surface area contributed by atoms with Crippen molar-refractivity contribution in [1.29, 1.82) is 0 Å². The Morgan fingerprint density at radius 3 is 2.88 bits per heavy atom. The maximum absolute atomic E-state index is 6.13. The summed E-state index contributed by atoms with van der Waals surface area (Å²) in [4.78, 5) is 3.34. The van der Waals surface area contributed by atoms with Crippen molar-refractivity contribution in [1.82, 2.24) is 4.98 Å². The fourth-order valence-electron chi connectivity index (χ4n) is 2.43. The number of halogens is 1. The second-order valence-corrected chi connectivity index (χ2v) is 5.76. The van der Waals surface area contributed by atoms with Gasteiger partial charge in [0.25, 0.3) is 0 Å². The molecule has 1 aromatic heterocycles. The van der Waals surface area contributed by atoms with E-state index in [1.165, 1.54) is 34.9 Å². The molecule has 90 valence electrons. The van der Waals surface area contributed by atoms with Gasteiger partial charge in [0.05, 0.1) is 0 Å². The van der Waals surface area contributed by atoms with E-state index in [0.717, 1.165) is 17.9 Å². The first-order valence-electron chi connectivity index (χ1n) is 6.12. The zero-order chi connectivity index (χ0) is 12.0. The average molecular weight is 249 g/mol. The van der Waals surface area contributed by atoms with Crippen LogP contribution in [0.4, 0.5) is 0 Å². The molecule has 1 aromatic carbocycles. The predicted octanol–water partition coefficient (Wildman–Crippen LogP) is 3.55. The molecule has 0 spiro atoms. The van der Waals surface area contributed by atoms with E-state index in [-0.39, 0.29) is 5.54 Å². The van der Waals surface area contributed by atoms with E-state index in [9.17, 15) is 0 Å². The molecule has 1 heterocycles. The van der Waals surface area contributed by atoms with E-state index in [1.807, 2.05) is 12.1 Å². The number of benzene rings is 1. The molecule has 0 aliphatic heterocycles. The molecule has 2 nitrogen and oxygen atoms in total. The quantitative estimate of drug-likeness (QED) is 0.857. The number of aromatic nitrogens is 1. The number of hydrogen-bond acceptors (Lipinski definition) is 1. The molecule has 2 aromatic rings. The molecular formula is C14H17ClN2. The molecule has 3 N–H and O–H groups in total. The minimum atomic E-state index is 0.122. The summed E-state index contributed by atoms with van der Waals surface area (Å²) in [7, 11) is 0. The Hall–Kier alpha value is -0.990. The van der Waals surface area contributed by atoms with Gasteiger partial charge in [-0.05, 0) is 55.9 Å². The third-order valence-corrected chi connectivity index (χ3v) is 4.04. The Morgan fingerprint density at radius 1 is 1.41 bits per heavy atom. The normalized spacial score (nSPS) is 17.6. The van der Waals surface area contributed by atoms with Crippen LogP contribution in [-0.4, -0.2) is 10.5 Å². The second kappa shape index (κ2) is 3.76. The van der Waals surface area contributed by atoms with Crippen LogP contribution in [0.2, 0.25) is 5.02 Å². The van der Waals surface area contributed by atoms with E-state index >= 15 is 0 Å². The van der Waals surface area contributed by atoms with Crippen LogP contribution in [0.1, 0.15) is 30.4 Å². The number of fused-ring (bicyclic) bond motifs is 1. The van der Waals surface area contributed by atoms with Gasteiger partial charge in [0, 0.05) is 27.7 Å². The average Bonchev–Trinajstić information content (AvgIpc) is 2.86. The largest absolute Gasteiger partial charge is 0.361 e. The first-order chi connectivity index (χ1) is 8.07. The topological polar surface area (TPSA) is 41.8 Å². The standard InChI is InChI=1S/C14H17ClN2/c1-9-6-11(15)7-12-10(8-17-13(9)12)2-3-14(16)4-5-14/h6-8,17H,2-5,16H2,1H3. The van der Waals surface area contributed by atoms with Crippen molar-refractivity contribution in [2.45, 2.75) is 38.1 Å². The number of nitrogens with one attached hydrogen (secondary N) is 1. The van der Waals surface area contributed by atoms with Gasteiger partial charge in [-0.1, -0.05) is 11.6 Å². The van der Waals surface area contributed by atoms with Crippen LogP contribution in [0.25, 0.3) is 10.9 Å². The SMILES string of the molecule is Cc1cc(Cl)cc2c(CCC3(N)CC3)c[nH]c12.